The first-order chi connectivity index (χ1) is 9.61. The summed E-state index contributed by atoms with van der Waals surface area (Å²) in [6.45, 7) is 5.30. The van der Waals surface area contributed by atoms with Gasteiger partial charge in [-0.3, -0.25) is 0 Å². The van der Waals surface area contributed by atoms with E-state index in [9.17, 15) is 4.39 Å². The second-order valence-corrected chi connectivity index (χ2v) is 6.11. The second kappa shape index (κ2) is 7.07. The van der Waals surface area contributed by atoms with Gasteiger partial charge in [0.25, 0.3) is 0 Å². The van der Waals surface area contributed by atoms with Crippen LogP contribution < -0.4 is 10.1 Å². The molecule has 2 nitrogen and oxygen atoms in total. The lowest BCUT2D eigenvalue weighted by molar-refractivity contribution is 0.274. The van der Waals surface area contributed by atoms with E-state index < -0.39 is 0 Å². The highest BCUT2D eigenvalue weighted by Gasteiger charge is 2.21. The third-order valence-electron chi connectivity index (χ3n) is 4.51. The molecule has 0 radical (unpaired) electrons. The normalized spacial score (nSPS) is 24.4. The van der Waals surface area contributed by atoms with Crippen molar-refractivity contribution in [2.24, 2.45) is 11.8 Å². The van der Waals surface area contributed by atoms with E-state index in [1.807, 2.05) is 13.0 Å². The molecule has 1 atom stereocenters. The standard InChI is InChI=1S/C17H26FNO/c1-12-7-9-14(10-8-12)11-19-13(2)17-15(18)5-4-6-16(17)20-3/h4-6,12-14,19H,7-11H2,1-3H3. The Morgan fingerprint density at radius 3 is 2.65 bits per heavy atom. The summed E-state index contributed by atoms with van der Waals surface area (Å²) in [5.74, 6) is 2.03. The molecule has 1 aliphatic rings. The molecule has 0 heterocycles. The van der Waals surface area contributed by atoms with E-state index in [2.05, 4.69) is 12.2 Å². The van der Waals surface area contributed by atoms with Crippen molar-refractivity contribution in [2.45, 2.75) is 45.6 Å². The van der Waals surface area contributed by atoms with Crippen molar-refractivity contribution in [3.63, 3.8) is 0 Å². The molecule has 1 unspecified atom stereocenters. The minimum absolute atomic E-state index is 0.0227. The molecule has 20 heavy (non-hydrogen) atoms. The number of nitrogens with one attached hydrogen (secondary N) is 1. The van der Waals surface area contributed by atoms with Gasteiger partial charge in [0.15, 0.2) is 0 Å². The maximum Gasteiger partial charge on any atom is 0.131 e. The number of hydrogen-bond donors (Lipinski definition) is 1. The number of halogens is 1. The second-order valence-electron chi connectivity index (χ2n) is 6.11. The Kier molecular flexibility index (Phi) is 5.41. The first kappa shape index (κ1) is 15.3. The van der Waals surface area contributed by atoms with E-state index in [0.29, 0.717) is 11.3 Å². The van der Waals surface area contributed by atoms with Gasteiger partial charge in [-0.1, -0.05) is 25.8 Å². The van der Waals surface area contributed by atoms with Crippen LogP contribution in [0.4, 0.5) is 4.39 Å². The summed E-state index contributed by atoms with van der Waals surface area (Å²) >= 11 is 0. The number of ether oxygens (including phenoxy) is 1. The van der Waals surface area contributed by atoms with Crippen LogP contribution >= 0.6 is 0 Å². The zero-order valence-corrected chi connectivity index (χ0v) is 12.8. The van der Waals surface area contributed by atoms with E-state index in [1.54, 1.807) is 13.2 Å². The number of benzene rings is 1. The number of hydrogen-bond acceptors (Lipinski definition) is 2. The van der Waals surface area contributed by atoms with Crippen LogP contribution in [0.2, 0.25) is 0 Å². The highest BCUT2D eigenvalue weighted by Crippen LogP contribution is 2.30. The van der Waals surface area contributed by atoms with Gasteiger partial charge < -0.3 is 10.1 Å². The first-order valence-corrected chi connectivity index (χ1v) is 7.67. The van der Waals surface area contributed by atoms with Crippen molar-refractivity contribution in [1.29, 1.82) is 0 Å². The van der Waals surface area contributed by atoms with Crippen LogP contribution in [0.1, 0.15) is 51.1 Å². The van der Waals surface area contributed by atoms with Crippen LogP contribution in [-0.2, 0) is 0 Å². The molecule has 0 spiro atoms. The fourth-order valence-corrected chi connectivity index (χ4v) is 3.09. The maximum absolute atomic E-state index is 14.0. The summed E-state index contributed by atoms with van der Waals surface area (Å²) in [5.41, 5.74) is 0.638. The lowest BCUT2D eigenvalue weighted by atomic mass is 9.83. The molecule has 1 fully saturated rings. The smallest absolute Gasteiger partial charge is 0.131 e. The van der Waals surface area contributed by atoms with Crippen molar-refractivity contribution >= 4 is 0 Å². The summed E-state index contributed by atoms with van der Waals surface area (Å²) in [6.07, 6.45) is 5.22. The predicted molar refractivity (Wildman–Crippen MR) is 80.5 cm³/mol. The molecule has 1 aliphatic carbocycles. The van der Waals surface area contributed by atoms with Gasteiger partial charge in [-0.2, -0.15) is 0 Å². The van der Waals surface area contributed by atoms with Crippen LogP contribution in [0, 0.1) is 17.7 Å². The van der Waals surface area contributed by atoms with Crippen molar-refractivity contribution < 1.29 is 9.13 Å². The molecule has 1 aromatic rings. The van der Waals surface area contributed by atoms with Gasteiger partial charge in [0.05, 0.1) is 7.11 Å². The van der Waals surface area contributed by atoms with Gasteiger partial charge in [-0.15, -0.1) is 0 Å². The van der Waals surface area contributed by atoms with Gasteiger partial charge in [-0.25, -0.2) is 4.39 Å². The third-order valence-corrected chi connectivity index (χ3v) is 4.51. The lowest BCUT2D eigenvalue weighted by Crippen LogP contribution is -2.28. The fraction of sp³-hybridized carbons (Fsp3) is 0.647. The Hall–Kier alpha value is -1.09. The number of methoxy groups -OCH3 is 1. The summed E-state index contributed by atoms with van der Waals surface area (Å²) in [7, 11) is 1.59. The fourth-order valence-electron chi connectivity index (χ4n) is 3.09. The minimum atomic E-state index is -0.193. The Morgan fingerprint density at radius 2 is 2.00 bits per heavy atom. The lowest BCUT2D eigenvalue weighted by Gasteiger charge is -2.28. The zero-order chi connectivity index (χ0) is 14.5. The summed E-state index contributed by atoms with van der Waals surface area (Å²) in [4.78, 5) is 0. The van der Waals surface area contributed by atoms with Crippen molar-refractivity contribution in [3.05, 3.63) is 29.6 Å². The van der Waals surface area contributed by atoms with E-state index in [-0.39, 0.29) is 11.9 Å². The van der Waals surface area contributed by atoms with Crippen LogP contribution in [0.5, 0.6) is 5.75 Å². The average Bonchev–Trinajstić information content (AvgIpc) is 2.46. The SMILES string of the molecule is COc1cccc(F)c1C(C)NCC1CCC(C)CC1. The quantitative estimate of drug-likeness (QED) is 0.867. The topological polar surface area (TPSA) is 21.3 Å². The molecule has 1 N–H and O–H groups in total. The monoisotopic (exact) mass is 279 g/mol. The molecule has 0 bridgehead atoms. The third kappa shape index (κ3) is 3.72. The van der Waals surface area contributed by atoms with E-state index in [4.69, 9.17) is 4.74 Å². The van der Waals surface area contributed by atoms with Crippen LogP contribution in [0.25, 0.3) is 0 Å². The first-order valence-electron chi connectivity index (χ1n) is 7.67. The van der Waals surface area contributed by atoms with Crippen LogP contribution in [0.15, 0.2) is 18.2 Å². The maximum atomic E-state index is 14.0. The molecule has 1 aromatic carbocycles. The Balaban J connectivity index is 1.93. The molecule has 1 saturated carbocycles. The average molecular weight is 279 g/mol. The zero-order valence-electron chi connectivity index (χ0n) is 12.8. The molecular formula is C17H26FNO. The molecule has 3 heteroatoms. The number of rotatable bonds is 5. The van der Waals surface area contributed by atoms with E-state index in [0.717, 1.165) is 18.4 Å². The van der Waals surface area contributed by atoms with Crippen molar-refractivity contribution in [1.82, 2.24) is 5.32 Å². The van der Waals surface area contributed by atoms with E-state index in [1.165, 1.54) is 31.7 Å². The Bertz CT molecular complexity index is 427. The molecule has 0 amide bonds. The van der Waals surface area contributed by atoms with Crippen LogP contribution in [0.3, 0.4) is 0 Å². The molecule has 0 aromatic heterocycles. The Morgan fingerprint density at radius 1 is 1.30 bits per heavy atom. The minimum Gasteiger partial charge on any atom is -0.496 e. The van der Waals surface area contributed by atoms with Gasteiger partial charge >= 0.3 is 0 Å². The van der Waals surface area contributed by atoms with Crippen molar-refractivity contribution in [3.8, 4) is 5.75 Å². The molecule has 2 rings (SSSR count). The molecule has 0 aliphatic heterocycles. The van der Waals surface area contributed by atoms with Crippen molar-refractivity contribution in [2.75, 3.05) is 13.7 Å². The molecule has 112 valence electrons. The van der Waals surface area contributed by atoms with Crippen LogP contribution in [-0.4, -0.2) is 13.7 Å². The predicted octanol–water partition coefficient (Wildman–Crippen LogP) is 4.31. The molecular weight excluding hydrogens is 253 g/mol. The van der Waals surface area contributed by atoms with Gasteiger partial charge in [0, 0.05) is 11.6 Å². The van der Waals surface area contributed by atoms with E-state index >= 15 is 0 Å². The van der Waals surface area contributed by atoms with Gasteiger partial charge in [-0.05, 0) is 50.3 Å². The summed E-state index contributed by atoms with van der Waals surface area (Å²) in [5, 5.41) is 3.48. The largest absolute Gasteiger partial charge is 0.496 e. The summed E-state index contributed by atoms with van der Waals surface area (Å²) in [6, 6.07) is 4.98. The highest BCUT2D eigenvalue weighted by atomic mass is 19.1. The Labute approximate surface area is 121 Å². The highest BCUT2D eigenvalue weighted by molar-refractivity contribution is 5.36. The van der Waals surface area contributed by atoms with Gasteiger partial charge in [0.1, 0.15) is 11.6 Å². The summed E-state index contributed by atoms with van der Waals surface area (Å²) < 4.78 is 19.3. The molecule has 0 saturated heterocycles. The van der Waals surface area contributed by atoms with Gasteiger partial charge in [0.2, 0.25) is 0 Å².